The van der Waals surface area contributed by atoms with Gasteiger partial charge in [0.05, 0.1) is 6.54 Å². The predicted octanol–water partition coefficient (Wildman–Crippen LogP) is 5.21. The van der Waals surface area contributed by atoms with Gasteiger partial charge < -0.3 is 15.5 Å². The Morgan fingerprint density at radius 2 is 1.79 bits per heavy atom. The summed E-state index contributed by atoms with van der Waals surface area (Å²) in [6.45, 7) is 5.18. The monoisotopic (exact) mass is 560 g/mol. The van der Waals surface area contributed by atoms with Crippen molar-refractivity contribution in [2.75, 3.05) is 13.1 Å². The van der Waals surface area contributed by atoms with Crippen molar-refractivity contribution in [3.05, 3.63) is 71.3 Å². The number of carbonyl (C=O) groups is 1. The first-order chi connectivity index (χ1) is 15.7. The molecule has 0 unspecified atom stereocenters. The first-order valence-corrected chi connectivity index (χ1v) is 12.2. The van der Waals surface area contributed by atoms with E-state index in [1.54, 1.807) is 0 Å². The van der Waals surface area contributed by atoms with Crippen LogP contribution in [-0.4, -0.2) is 35.9 Å². The number of hydrogen-bond donors (Lipinski definition) is 2. The largest absolute Gasteiger partial charge is 0.357 e. The highest BCUT2D eigenvalue weighted by molar-refractivity contribution is 14.0. The van der Waals surface area contributed by atoms with Crippen molar-refractivity contribution in [2.45, 2.75) is 70.5 Å². The number of likely N-dealkylation sites (tertiary alicyclic amines) is 1. The summed E-state index contributed by atoms with van der Waals surface area (Å²) in [5, 5.41) is 7.07. The predicted molar refractivity (Wildman–Crippen MR) is 146 cm³/mol. The SMILES string of the molecule is CCNC(=NCc1cccc(CN2CCCC2=O)c1)NC1CCC(c2ccccc2)CC1.I. The van der Waals surface area contributed by atoms with Crippen LogP contribution < -0.4 is 10.6 Å². The Morgan fingerprint density at radius 3 is 2.48 bits per heavy atom. The first-order valence-electron chi connectivity index (χ1n) is 12.2. The molecule has 2 fully saturated rings. The molecular weight excluding hydrogens is 523 g/mol. The van der Waals surface area contributed by atoms with E-state index in [1.807, 2.05) is 4.90 Å². The molecule has 1 aliphatic carbocycles. The van der Waals surface area contributed by atoms with Crippen molar-refractivity contribution in [3.8, 4) is 0 Å². The average molecular weight is 561 g/mol. The fraction of sp³-hybridized carbons (Fsp3) is 0.481. The third-order valence-corrected chi connectivity index (χ3v) is 6.64. The lowest BCUT2D eigenvalue weighted by Gasteiger charge is -2.30. The minimum atomic E-state index is 0. The van der Waals surface area contributed by atoms with Crippen molar-refractivity contribution in [1.29, 1.82) is 0 Å². The molecule has 6 heteroatoms. The van der Waals surface area contributed by atoms with Gasteiger partial charge in [0.15, 0.2) is 5.96 Å². The van der Waals surface area contributed by atoms with Gasteiger partial charge in [0.1, 0.15) is 0 Å². The molecule has 2 aromatic carbocycles. The lowest BCUT2D eigenvalue weighted by Crippen LogP contribution is -2.44. The molecule has 0 radical (unpaired) electrons. The van der Waals surface area contributed by atoms with Crippen LogP contribution in [0.25, 0.3) is 0 Å². The van der Waals surface area contributed by atoms with Crippen LogP contribution in [0.3, 0.4) is 0 Å². The molecule has 5 nitrogen and oxygen atoms in total. The van der Waals surface area contributed by atoms with E-state index in [2.05, 4.69) is 72.2 Å². The van der Waals surface area contributed by atoms with Crippen molar-refractivity contribution < 1.29 is 4.79 Å². The van der Waals surface area contributed by atoms with Gasteiger partial charge in [0.2, 0.25) is 5.91 Å². The molecule has 2 aromatic rings. The molecule has 1 saturated heterocycles. The van der Waals surface area contributed by atoms with Gasteiger partial charge in [-0.25, -0.2) is 4.99 Å². The second-order valence-electron chi connectivity index (χ2n) is 9.04. The van der Waals surface area contributed by atoms with Crippen LogP contribution in [-0.2, 0) is 17.9 Å². The number of benzene rings is 2. The smallest absolute Gasteiger partial charge is 0.222 e. The van der Waals surface area contributed by atoms with Gasteiger partial charge in [-0.15, -0.1) is 24.0 Å². The van der Waals surface area contributed by atoms with Crippen LogP contribution in [0.2, 0.25) is 0 Å². The summed E-state index contributed by atoms with van der Waals surface area (Å²) in [6.07, 6.45) is 6.45. The number of nitrogens with zero attached hydrogens (tertiary/aromatic N) is 2. The summed E-state index contributed by atoms with van der Waals surface area (Å²) in [5.41, 5.74) is 3.84. The zero-order valence-electron chi connectivity index (χ0n) is 19.6. The Balaban J connectivity index is 0.00000306. The number of amides is 1. The molecule has 1 heterocycles. The Bertz CT molecular complexity index is 909. The maximum atomic E-state index is 11.9. The first kappa shape index (κ1) is 25.5. The highest BCUT2D eigenvalue weighted by Crippen LogP contribution is 2.32. The lowest BCUT2D eigenvalue weighted by molar-refractivity contribution is -0.128. The molecule has 2 aliphatic rings. The molecular formula is C27H37IN4O. The molecule has 1 amide bonds. The van der Waals surface area contributed by atoms with E-state index in [1.165, 1.54) is 42.4 Å². The van der Waals surface area contributed by atoms with Gasteiger partial charge in [-0.2, -0.15) is 0 Å². The van der Waals surface area contributed by atoms with Gasteiger partial charge in [-0.1, -0.05) is 54.6 Å². The zero-order valence-corrected chi connectivity index (χ0v) is 22.0. The molecule has 2 N–H and O–H groups in total. The van der Waals surface area contributed by atoms with Crippen LogP contribution in [0.4, 0.5) is 0 Å². The van der Waals surface area contributed by atoms with Crippen LogP contribution in [0.1, 0.15) is 68.1 Å². The topological polar surface area (TPSA) is 56.7 Å². The quantitative estimate of drug-likeness (QED) is 0.278. The van der Waals surface area contributed by atoms with Crippen molar-refractivity contribution in [3.63, 3.8) is 0 Å². The molecule has 0 spiro atoms. The molecule has 178 valence electrons. The van der Waals surface area contributed by atoms with Gasteiger partial charge >= 0.3 is 0 Å². The van der Waals surface area contributed by atoms with Crippen molar-refractivity contribution >= 4 is 35.8 Å². The van der Waals surface area contributed by atoms with E-state index >= 15 is 0 Å². The number of guanidine groups is 1. The third-order valence-electron chi connectivity index (χ3n) is 6.64. The standard InChI is InChI=1S/C27H36N4O.HI/c1-2-28-27(30-25-15-13-24(14-16-25)23-10-4-3-5-11-23)29-19-21-8-6-9-22(18-21)20-31-17-7-12-26(31)32;/h3-6,8-11,18,24-25H,2,7,12-17,19-20H2,1H3,(H2,28,29,30);1H. The van der Waals surface area contributed by atoms with E-state index in [9.17, 15) is 4.79 Å². The number of aliphatic imine (C=N–C) groups is 1. The molecule has 4 rings (SSSR count). The molecule has 1 saturated carbocycles. The second-order valence-corrected chi connectivity index (χ2v) is 9.04. The van der Waals surface area contributed by atoms with Crippen LogP contribution in [0.15, 0.2) is 59.6 Å². The van der Waals surface area contributed by atoms with Crippen LogP contribution in [0.5, 0.6) is 0 Å². The Morgan fingerprint density at radius 1 is 1.03 bits per heavy atom. The Labute approximate surface area is 215 Å². The van der Waals surface area contributed by atoms with Gasteiger partial charge in [-0.3, -0.25) is 4.79 Å². The number of nitrogens with one attached hydrogen (secondary N) is 2. The summed E-state index contributed by atoms with van der Waals surface area (Å²) in [6, 6.07) is 19.9. The summed E-state index contributed by atoms with van der Waals surface area (Å²) < 4.78 is 0. The molecule has 0 atom stereocenters. The molecule has 0 bridgehead atoms. The molecule has 1 aliphatic heterocycles. The zero-order chi connectivity index (χ0) is 22.2. The minimum absolute atomic E-state index is 0. The maximum Gasteiger partial charge on any atom is 0.222 e. The Hall–Kier alpha value is -2.09. The Kier molecular flexibility index (Phi) is 10.0. The maximum absolute atomic E-state index is 11.9. The number of hydrogen-bond acceptors (Lipinski definition) is 2. The van der Waals surface area contributed by atoms with E-state index in [4.69, 9.17) is 4.99 Å². The van der Waals surface area contributed by atoms with E-state index < -0.39 is 0 Å². The summed E-state index contributed by atoms with van der Waals surface area (Å²) >= 11 is 0. The normalized spacial score (nSPS) is 20.9. The number of halogens is 1. The highest BCUT2D eigenvalue weighted by atomic mass is 127. The fourth-order valence-corrected chi connectivity index (χ4v) is 4.90. The summed E-state index contributed by atoms with van der Waals surface area (Å²) in [7, 11) is 0. The second kappa shape index (κ2) is 13.0. The van der Waals surface area contributed by atoms with E-state index in [0.717, 1.165) is 25.5 Å². The van der Waals surface area contributed by atoms with Crippen LogP contribution in [0, 0.1) is 0 Å². The van der Waals surface area contributed by atoms with Crippen molar-refractivity contribution in [2.24, 2.45) is 4.99 Å². The number of rotatable bonds is 7. The van der Waals surface area contributed by atoms with Gasteiger partial charge in [0.25, 0.3) is 0 Å². The van der Waals surface area contributed by atoms with Gasteiger partial charge in [-0.05, 0) is 61.6 Å². The summed E-state index contributed by atoms with van der Waals surface area (Å²) in [4.78, 5) is 18.7. The van der Waals surface area contributed by atoms with Crippen molar-refractivity contribution in [1.82, 2.24) is 15.5 Å². The third kappa shape index (κ3) is 7.45. The molecule has 0 aromatic heterocycles. The fourth-order valence-electron chi connectivity index (χ4n) is 4.90. The number of carbonyl (C=O) groups excluding carboxylic acids is 1. The highest BCUT2D eigenvalue weighted by Gasteiger charge is 2.23. The summed E-state index contributed by atoms with van der Waals surface area (Å²) in [5.74, 6) is 1.85. The van der Waals surface area contributed by atoms with E-state index in [0.29, 0.717) is 31.5 Å². The molecule has 33 heavy (non-hydrogen) atoms. The van der Waals surface area contributed by atoms with E-state index in [-0.39, 0.29) is 29.9 Å². The average Bonchev–Trinajstić information content (AvgIpc) is 3.23. The minimum Gasteiger partial charge on any atom is -0.357 e. The lowest BCUT2D eigenvalue weighted by atomic mass is 9.82. The van der Waals surface area contributed by atoms with Crippen LogP contribution >= 0.6 is 24.0 Å². The van der Waals surface area contributed by atoms with Gasteiger partial charge in [0, 0.05) is 32.1 Å².